The molecular formula is C19H18N2O2S. The van der Waals surface area contributed by atoms with Gasteiger partial charge in [0.05, 0.1) is 10.9 Å². The lowest BCUT2D eigenvalue weighted by Crippen LogP contribution is -2.28. The van der Waals surface area contributed by atoms with Crippen LogP contribution < -0.4 is 5.32 Å². The summed E-state index contributed by atoms with van der Waals surface area (Å²) in [6.45, 7) is 3.80. The number of fused-ring (bicyclic) bond motifs is 1. The summed E-state index contributed by atoms with van der Waals surface area (Å²) in [4.78, 5) is 26.8. The van der Waals surface area contributed by atoms with Gasteiger partial charge in [-0.1, -0.05) is 12.1 Å². The molecule has 0 spiro atoms. The van der Waals surface area contributed by atoms with E-state index in [1.807, 2.05) is 44.2 Å². The molecule has 1 N–H and O–H groups in total. The first-order valence-electron chi connectivity index (χ1n) is 7.93. The SMILES string of the molecule is Cc1ccc(C)c(NC(=O)C(C#N)C(=O)c2cc3c(s2)CCC3)c1. The van der Waals surface area contributed by atoms with Gasteiger partial charge in [-0.3, -0.25) is 9.59 Å². The smallest absolute Gasteiger partial charge is 0.249 e. The standard InChI is InChI=1S/C19H18N2O2S/c1-11-6-7-12(2)15(8-11)21-19(23)14(10-20)18(22)17-9-13-4-3-5-16(13)24-17/h6-9,14H,3-5H2,1-2H3,(H,21,23). The summed E-state index contributed by atoms with van der Waals surface area (Å²) in [6.07, 6.45) is 3.08. The van der Waals surface area contributed by atoms with E-state index in [4.69, 9.17) is 0 Å². The van der Waals surface area contributed by atoms with Crippen LogP contribution in [0.15, 0.2) is 24.3 Å². The number of nitriles is 1. The number of amides is 1. The number of thiophene rings is 1. The Hall–Kier alpha value is -2.45. The number of benzene rings is 1. The minimum atomic E-state index is -1.32. The monoisotopic (exact) mass is 338 g/mol. The van der Waals surface area contributed by atoms with E-state index < -0.39 is 17.6 Å². The number of nitrogens with zero attached hydrogens (tertiary/aromatic N) is 1. The highest BCUT2D eigenvalue weighted by molar-refractivity contribution is 7.14. The third-order valence-electron chi connectivity index (χ3n) is 4.29. The maximum absolute atomic E-state index is 12.6. The molecule has 1 amide bonds. The Balaban J connectivity index is 1.80. The molecule has 0 fully saturated rings. The molecule has 24 heavy (non-hydrogen) atoms. The molecule has 2 aromatic rings. The predicted octanol–water partition coefficient (Wildman–Crippen LogP) is 3.81. The van der Waals surface area contributed by atoms with Gasteiger partial charge < -0.3 is 5.32 Å². The third-order valence-corrected chi connectivity index (χ3v) is 5.55. The van der Waals surface area contributed by atoms with Crippen molar-refractivity contribution >= 4 is 28.7 Å². The fourth-order valence-electron chi connectivity index (χ4n) is 2.90. The van der Waals surface area contributed by atoms with Gasteiger partial charge in [-0.2, -0.15) is 5.26 Å². The van der Waals surface area contributed by atoms with Crippen LogP contribution in [0.2, 0.25) is 0 Å². The molecule has 0 saturated carbocycles. The van der Waals surface area contributed by atoms with E-state index in [-0.39, 0.29) is 0 Å². The van der Waals surface area contributed by atoms with Crippen LogP contribution in [-0.2, 0) is 17.6 Å². The highest BCUT2D eigenvalue weighted by Gasteiger charge is 2.30. The Labute approximate surface area is 145 Å². The van der Waals surface area contributed by atoms with Gasteiger partial charge in [0.1, 0.15) is 0 Å². The molecule has 1 aliphatic rings. The van der Waals surface area contributed by atoms with Crippen molar-refractivity contribution in [2.45, 2.75) is 33.1 Å². The molecule has 1 aromatic carbocycles. The third kappa shape index (κ3) is 3.10. The largest absolute Gasteiger partial charge is 0.324 e. The maximum atomic E-state index is 12.6. The summed E-state index contributed by atoms with van der Waals surface area (Å²) in [5.41, 5.74) is 3.73. The number of nitrogens with one attached hydrogen (secondary N) is 1. The Morgan fingerprint density at radius 3 is 2.75 bits per heavy atom. The van der Waals surface area contributed by atoms with Crippen molar-refractivity contribution in [2.24, 2.45) is 5.92 Å². The summed E-state index contributed by atoms with van der Waals surface area (Å²) >= 11 is 1.42. The number of anilines is 1. The van der Waals surface area contributed by atoms with Crippen molar-refractivity contribution in [3.63, 3.8) is 0 Å². The number of hydrogen-bond donors (Lipinski definition) is 1. The lowest BCUT2D eigenvalue weighted by atomic mass is 10.0. The summed E-state index contributed by atoms with van der Waals surface area (Å²) in [7, 11) is 0. The maximum Gasteiger partial charge on any atom is 0.249 e. The van der Waals surface area contributed by atoms with Crippen molar-refractivity contribution in [2.75, 3.05) is 5.32 Å². The highest BCUT2D eigenvalue weighted by Crippen LogP contribution is 2.32. The summed E-state index contributed by atoms with van der Waals surface area (Å²) < 4.78 is 0. The molecular weight excluding hydrogens is 320 g/mol. The van der Waals surface area contributed by atoms with E-state index in [2.05, 4.69) is 5.32 Å². The van der Waals surface area contributed by atoms with Crippen LogP contribution in [0.25, 0.3) is 0 Å². The first-order chi connectivity index (χ1) is 11.5. The van der Waals surface area contributed by atoms with E-state index in [0.29, 0.717) is 10.6 Å². The number of carbonyl (C=O) groups is 2. The van der Waals surface area contributed by atoms with Gasteiger partial charge in [0.25, 0.3) is 0 Å². The van der Waals surface area contributed by atoms with Crippen LogP contribution in [0, 0.1) is 31.1 Å². The van der Waals surface area contributed by atoms with Crippen molar-refractivity contribution in [3.8, 4) is 6.07 Å². The number of rotatable bonds is 4. The quantitative estimate of drug-likeness (QED) is 0.680. The van der Waals surface area contributed by atoms with Gasteiger partial charge in [0.2, 0.25) is 5.91 Å². The fourth-order valence-corrected chi connectivity index (χ4v) is 4.13. The van der Waals surface area contributed by atoms with Gasteiger partial charge in [-0.05, 0) is 61.9 Å². The van der Waals surface area contributed by atoms with Crippen LogP contribution in [0.1, 0.15) is 37.7 Å². The predicted molar refractivity (Wildman–Crippen MR) is 94.3 cm³/mol. The fraction of sp³-hybridized carbons (Fsp3) is 0.316. The van der Waals surface area contributed by atoms with Crippen LogP contribution in [-0.4, -0.2) is 11.7 Å². The zero-order valence-corrected chi connectivity index (χ0v) is 14.5. The molecule has 1 atom stereocenters. The number of ketones is 1. The Morgan fingerprint density at radius 2 is 2.04 bits per heavy atom. The van der Waals surface area contributed by atoms with Gasteiger partial charge in [0, 0.05) is 10.6 Å². The zero-order chi connectivity index (χ0) is 17.3. The number of carbonyl (C=O) groups excluding carboxylic acids is 2. The number of Topliss-reactive ketones (excluding diaryl/α,β-unsaturated/α-hetero) is 1. The molecule has 5 heteroatoms. The van der Waals surface area contributed by atoms with Crippen LogP contribution in [0.4, 0.5) is 5.69 Å². The second-order valence-corrected chi connectivity index (χ2v) is 7.28. The lowest BCUT2D eigenvalue weighted by molar-refractivity contribution is -0.117. The summed E-state index contributed by atoms with van der Waals surface area (Å²) in [5, 5.41) is 12.1. The number of hydrogen-bond acceptors (Lipinski definition) is 4. The van der Waals surface area contributed by atoms with E-state index in [9.17, 15) is 14.9 Å². The van der Waals surface area contributed by atoms with Crippen LogP contribution >= 0.6 is 11.3 Å². The zero-order valence-electron chi connectivity index (χ0n) is 13.7. The molecule has 3 rings (SSSR count). The van der Waals surface area contributed by atoms with E-state index in [1.54, 1.807) is 0 Å². The minimum absolute atomic E-state index is 0.403. The molecule has 1 aromatic heterocycles. The molecule has 1 unspecified atom stereocenters. The normalized spacial score (nSPS) is 13.9. The second-order valence-electron chi connectivity index (χ2n) is 6.15. The average molecular weight is 338 g/mol. The molecule has 1 heterocycles. The Kier molecular flexibility index (Phi) is 4.50. The number of aryl methyl sites for hydroxylation is 4. The Bertz CT molecular complexity index is 839. The van der Waals surface area contributed by atoms with E-state index in [1.165, 1.54) is 21.8 Å². The van der Waals surface area contributed by atoms with Gasteiger partial charge in [-0.25, -0.2) is 0 Å². The van der Waals surface area contributed by atoms with Crippen LogP contribution in [0.3, 0.4) is 0 Å². The van der Waals surface area contributed by atoms with Gasteiger partial charge in [0.15, 0.2) is 11.7 Å². The topological polar surface area (TPSA) is 70.0 Å². The highest BCUT2D eigenvalue weighted by atomic mass is 32.1. The molecule has 0 radical (unpaired) electrons. The van der Waals surface area contributed by atoms with Crippen LogP contribution in [0.5, 0.6) is 0 Å². The van der Waals surface area contributed by atoms with Crippen molar-refractivity contribution in [1.82, 2.24) is 0 Å². The first kappa shape index (κ1) is 16.4. The molecule has 122 valence electrons. The first-order valence-corrected chi connectivity index (χ1v) is 8.75. The van der Waals surface area contributed by atoms with Gasteiger partial charge in [-0.15, -0.1) is 11.3 Å². The molecule has 0 aliphatic heterocycles. The van der Waals surface area contributed by atoms with E-state index in [0.717, 1.165) is 30.4 Å². The van der Waals surface area contributed by atoms with Gasteiger partial charge >= 0.3 is 0 Å². The molecule has 0 saturated heterocycles. The van der Waals surface area contributed by atoms with Crippen molar-refractivity contribution in [1.29, 1.82) is 5.26 Å². The van der Waals surface area contributed by atoms with E-state index >= 15 is 0 Å². The molecule has 1 aliphatic carbocycles. The summed E-state index contributed by atoms with van der Waals surface area (Å²) in [5.74, 6) is -2.28. The second kappa shape index (κ2) is 6.58. The summed E-state index contributed by atoms with van der Waals surface area (Å²) in [6, 6.07) is 9.41. The average Bonchev–Trinajstić information content (AvgIpc) is 3.13. The van der Waals surface area contributed by atoms with Crippen molar-refractivity contribution in [3.05, 3.63) is 50.7 Å². The lowest BCUT2D eigenvalue weighted by Gasteiger charge is -2.11. The van der Waals surface area contributed by atoms with Crippen molar-refractivity contribution < 1.29 is 9.59 Å². The molecule has 0 bridgehead atoms. The minimum Gasteiger partial charge on any atom is -0.324 e. The molecule has 4 nitrogen and oxygen atoms in total. The Morgan fingerprint density at radius 1 is 1.25 bits per heavy atom.